The van der Waals surface area contributed by atoms with Gasteiger partial charge in [0, 0.05) is 23.6 Å². The number of hydrogen-bond acceptors (Lipinski definition) is 4. The zero-order chi connectivity index (χ0) is 40.0. The van der Waals surface area contributed by atoms with Crippen LogP contribution in [0.5, 0.6) is 0 Å². The lowest BCUT2D eigenvalue weighted by molar-refractivity contribution is 0.446. The number of aryl methyl sites for hydroxylation is 2. The number of nitriles is 4. The van der Waals surface area contributed by atoms with Crippen molar-refractivity contribution < 1.29 is 17.6 Å². The number of nitrogens with zero attached hydrogens (tertiary/aromatic N) is 5. The first-order valence-electron chi connectivity index (χ1n) is 18.3. The van der Waals surface area contributed by atoms with Crippen LogP contribution in [0.25, 0.3) is 16.5 Å². The van der Waals surface area contributed by atoms with Gasteiger partial charge in [-0.2, -0.15) is 21.0 Å². The Morgan fingerprint density at radius 1 is 0.545 bits per heavy atom. The van der Waals surface area contributed by atoms with Crippen molar-refractivity contribution >= 4 is 16.5 Å². The van der Waals surface area contributed by atoms with Crippen molar-refractivity contribution in [2.45, 2.75) is 85.5 Å². The number of hydrogen-bond donors (Lipinski definition) is 0. The number of fused-ring (bicyclic) bond motifs is 5. The molecule has 0 radical (unpaired) electrons. The Labute approximate surface area is 320 Å². The summed E-state index contributed by atoms with van der Waals surface area (Å²) in [6.07, 6.45) is 12.0. The Morgan fingerprint density at radius 2 is 1.00 bits per heavy atom. The molecule has 0 unspecified atom stereocenters. The molecule has 3 aliphatic rings. The zero-order valence-corrected chi connectivity index (χ0v) is 31.7. The molecule has 0 fully saturated rings. The number of allylic oxidation sites excluding steroid dienone is 2. The van der Waals surface area contributed by atoms with Crippen molar-refractivity contribution in [2.24, 2.45) is 7.05 Å². The summed E-state index contributed by atoms with van der Waals surface area (Å²) in [6, 6.07) is 24.0. The van der Waals surface area contributed by atoms with Crippen LogP contribution in [0.2, 0.25) is 0 Å². The van der Waals surface area contributed by atoms with Crippen LogP contribution in [0, 0.1) is 96.3 Å². The van der Waals surface area contributed by atoms with Crippen molar-refractivity contribution in [3.8, 4) is 24.3 Å². The molecule has 5 aromatic rings. The van der Waals surface area contributed by atoms with Crippen molar-refractivity contribution in [3.05, 3.63) is 144 Å². The maximum Gasteiger partial charge on any atom is 0.181 e. The van der Waals surface area contributed by atoms with Gasteiger partial charge in [0.2, 0.25) is 0 Å². The van der Waals surface area contributed by atoms with E-state index in [9.17, 15) is 17.6 Å². The molecule has 0 N–H and O–H groups in total. The van der Waals surface area contributed by atoms with Crippen LogP contribution in [-0.2, 0) is 26.3 Å². The van der Waals surface area contributed by atoms with Gasteiger partial charge in [0.15, 0.2) is 23.3 Å². The van der Waals surface area contributed by atoms with Crippen molar-refractivity contribution in [3.63, 3.8) is 0 Å². The second-order valence-corrected chi connectivity index (χ2v) is 14.0. The number of rotatable bonds is 0. The molecule has 278 valence electrons. The van der Waals surface area contributed by atoms with Gasteiger partial charge in [-0.15, -0.1) is 0 Å². The number of para-hydroxylation sites is 1. The normalized spacial score (nSPS) is 13.5. The van der Waals surface area contributed by atoms with Crippen molar-refractivity contribution in [1.82, 2.24) is 4.57 Å². The maximum atomic E-state index is 12.7. The van der Waals surface area contributed by atoms with Gasteiger partial charge >= 0.3 is 0 Å². The van der Waals surface area contributed by atoms with E-state index in [0.29, 0.717) is 11.1 Å². The van der Waals surface area contributed by atoms with E-state index in [4.69, 9.17) is 21.0 Å². The van der Waals surface area contributed by atoms with E-state index in [1.807, 2.05) is 27.7 Å². The van der Waals surface area contributed by atoms with Crippen LogP contribution in [0.1, 0.15) is 105 Å². The van der Waals surface area contributed by atoms with Crippen LogP contribution < -0.4 is 0 Å². The highest BCUT2D eigenvalue weighted by atomic mass is 19.2. The first kappa shape index (κ1) is 40.0. The van der Waals surface area contributed by atoms with Gasteiger partial charge in [-0.1, -0.05) is 48.0 Å². The molecular formula is C46H41F4N5. The van der Waals surface area contributed by atoms with Crippen LogP contribution >= 0.6 is 0 Å². The average molecular weight is 740 g/mol. The lowest BCUT2D eigenvalue weighted by Crippen LogP contribution is -2.04. The van der Waals surface area contributed by atoms with E-state index in [0.717, 1.165) is 34.4 Å². The number of benzene rings is 4. The fraction of sp³-hybridized carbons (Fsp3) is 0.304. The fourth-order valence-corrected chi connectivity index (χ4v) is 7.88. The topological polar surface area (TPSA) is 100 Å². The van der Waals surface area contributed by atoms with E-state index in [-0.39, 0.29) is 0 Å². The predicted octanol–water partition coefficient (Wildman–Crippen LogP) is 11.3. The van der Waals surface area contributed by atoms with Crippen LogP contribution in [-0.4, -0.2) is 4.57 Å². The molecule has 0 atom stereocenters. The van der Waals surface area contributed by atoms with Crippen LogP contribution in [0.15, 0.2) is 54.1 Å². The Hall–Kier alpha value is -6.16. The minimum absolute atomic E-state index is 0.707. The molecule has 55 heavy (non-hydrogen) atoms. The third-order valence-corrected chi connectivity index (χ3v) is 11.1. The fourth-order valence-electron chi connectivity index (χ4n) is 7.88. The molecule has 0 spiro atoms. The van der Waals surface area contributed by atoms with Gasteiger partial charge in [-0.05, 0) is 136 Å². The molecule has 9 heteroatoms. The molecule has 1 aromatic heterocycles. The molecular weight excluding hydrogens is 699 g/mol. The number of aromatic nitrogens is 1. The third-order valence-electron chi connectivity index (χ3n) is 11.1. The summed E-state index contributed by atoms with van der Waals surface area (Å²) < 4.78 is 53.3. The monoisotopic (exact) mass is 739 g/mol. The molecule has 1 heterocycles. The Morgan fingerprint density at radius 3 is 1.55 bits per heavy atom. The Bertz CT molecular complexity index is 2270. The molecule has 3 aliphatic carbocycles. The Kier molecular flexibility index (Phi) is 12.6. The second-order valence-electron chi connectivity index (χ2n) is 14.0. The molecule has 4 aromatic carbocycles. The van der Waals surface area contributed by atoms with E-state index in [1.165, 1.54) is 68.7 Å². The van der Waals surface area contributed by atoms with E-state index >= 15 is 0 Å². The highest BCUT2D eigenvalue weighted by Gasteiger charge is 2.25. The minimum atomic E-state index is -1.86. The van der Waals surface area contributed by atoms with Gasteiger partial charge < -0.3 is 4.57 Å². The molecule has 8 rings (SSSR count). The predicted molar refractivity (Wildman–Crippen MR) is 206 cm³/mol. The highest BCUT2D eigenvalue weighted by Crippen LogP contribution is 2.41. The van der Waals surface area contributed by atoms with Gasteiger partial charge in [0.1, 0.15) is 23.3 Å². The molecule has 0 amide bonds. The standard InChI is InChI=1S/C13H15N.C13H14.C12H12N2.C8F4N2/c1-14-12-8-4-2-6-10(12)11-7-3-5-9-13(11)14;1-3-7-12-10(5-1)9-11-6-2-4-8-13(11)12;1-7-8(2)12(6-14)10(4)9(3)11(7)5-13;9-5-3(1-13)6(10)8(12)4(2-14)7(5)11/h2,4,6,8H,3,5,7,9H2,1H3;1,3,5,7H,2,4,6,8-9H2;1-4H3;. The summed E-state index contributed by atoms with van der Waals surface area (Å²) in [5, 5.41) is 35.8. The SMILES string of the molecule is Cc1c(C)c(C#N)c(C)c(C)c1C#N.Cn1c2c(c3ccccc31)CCCC2.N#Cc1c(F)c(F)c(C#N)c(F)c1F.c1ccc2c(c1)CC1=C2CCCC1. The summed E-state index contributed by atoms with van der Waals surface area (Å²) >= 11 is 0. The van der Waals surface area contributed by atoms with Gasteiger partial charge in [0.05, 0.1) is 23.3 Å². The quantitative estimate of drug-likeness (QED) is 0.117. The Balaban J connectivity index is 0.000000141. The van der Waals surface area contributed by atoms with Crippen molar-refractivity contribution in [1.29, 1.82) is 21.0 Å². The lowest BCUT2D eigenvalue weighted by Gasteiger charge is -2.13. The average Bonchev–Trinajstić information content (AvgIpc) is 3.73. The summed E-state index contributed by atoms with van der Waals surface area (Å²) in [5.74, 6) is -7.43. The molecule has 0 bridgehead atoms. The van der Waals surface area contributed by atoms with E-state index in [1.54, 1.807) is 33.5 Å². The largest absolute Gasteiger partial charge is 0.347 e. The summed E-state index contributed by atoms with van der Waals surface area (Å²) in [7, 11) is 2.20. The van der Waals surface area contributed by atoms with Gasteiger partial charge in [-0.25, -0.2) is 17.6 Å². The van der Waals surface area contributed by atoms with Crippen LogP contribution in [0.4, 0.5) is 17.6 Å². The van der Waals surface area contributed by atoms with Crippen LogP contribution in [0.3, 0.4) is 0 Å². The van der Waals surface area contributed by atoms with Gasteiger partial charge in [0.25, 0.3) is 0 Å². The molecule has 0 aliphatic heterocycles. The van der Waals surface area contributed by atoms with E-state index < -0.39 is 34.4 Å². The summed E-state index contributed by atoms with van der Waals surface area (Å²) in [5.41, 5.74) is 13.5. The molecule has 0 saturated heterocycles. The summed E-state index contributed by atoms with van der Waals surface area (Å²) in [4.78, 5) is 0. The molecule has 5 nitrogen and oxygen atoms in total. The van der Waals surface area contributed by atoms with E-state index in [2.05, 4.69) is 72.3 Å². The zero-order valence-electron chi connectivity index (χ0n) is 31.7. The first-order chi connectivity index (χ1) is 26.4. The smallest absolute Gasteiger partial charge is 0.181 e. The lowest BCUT2D eigenvalue weighted by atomic mass is 9.90. The van der Waals surface area contributed by atoms with Gasteiger partial charge in [-0.3, -0.25) is 0 Å². The second kappa shape index (κ2) is 17.3. The molecule has 0 saturated carbocycles. The third kappa shape index (κ3) is 7.76. The number of halogens is 4. The minimum Gasteiger partial charge on any atom is -0.347 e. The first-order valence-corrected chi connectivity index (χ1v) is 18.3. The highest BCUT2D eigenvalue weighted by molar-refractivity contribution is 5.85. The summed E-state index contributed by atoms with van der Waals surface area (Å²) in [6.45, 7) is 7.56. The van der Waals surface area contributed by atoms with Crippen molar-refractivity contribution in [2.75, 3.05) is 0 Å². The maximum absolute atomic E-state index is 12.7.